The van der Waals surface area contributed by atoms with Crippen LogP contribution in [-0.2, 0) is 5.60 Å². The normalized spacial score (nSPS) is 14.0. The van der Waals surface area contributed by atoms with Crippen LogP contribution in [-0.4, -0.2) is 16.0 Å². The zero-order valence-electron chi connectivity index (χ0n) is 11.5. The first-order valence-corrected chi connectivity index (χ1v) is 7.47. The second-order valence-corrected chi connectivity index (χ2v) is 5.42. The lowest BCUT2D eigenvalue weighted by molar-refractivity contribution is 0.0790. The van der Waals surface area contributed by atoms with Crippen LogP contribution in [0.1, 0.15) is 17.5 Å². The van der Waals surface area contributed by atoms with Gasteiger partial charge in [0.2, 0.25) is 0 Å². The van der Waals surface area contributed by atoms with Crippen LogP contribution in [0.2, 0.25) is 0 Å². The molecule has 0 radical (unpaired) electrons. The van der Waals surface area contributed by atoms with Gasteiger partial charge in [0.25, 0.3) is 0 Å². The van der Waals surface area contributed by atoms with E-state index in [4.69, 9.17) is 11.6 Å². The lowest BCUT2D eigenvalue weighted by Gasteiger charge is -2.29. The minimum atomic E-state index is -1.11. The largest absolute Gasteiger partial charge is 0.380 e. The first-order chi connectivity index (χ1) is 10.3. The minimum absolute atomic E-state index is 0.377. The van der Waals surface area contributed by atoms with Gasteiger partial charge in [0.15, 0.2) is 0 Å². The van der Waals surface area contributed by atoms with Gasteiger partial charge in [-0.15, -0.1) is 11.6 Å². The summed E-state index contributed by atoms with van der Waals surface area (Å²) in [7, 11) is 0. The predicted molar refractivity (Wildman–Crippen MR) is 86.5 cm³/mol. The molecule has 3 heteroatoms. The van der Waals surface area contributed by atoms with Crippen LogP contribution in [0.4, 0.5) is 0 Å². The second kappa shape index (κ2) is 5.84. The third kappa shape index (κ3) is 2.53. The van der Waals surface area contributed by atoms with Crippen LogP contribution in [0.25, 0.3) is 10.9 Å². The van der Waals surface area contributed by atoms with Crippen molar-refractivity contribution in [1.82, 2.24) is 4.98 Å². The molecular formula is C18H16ClNO. The topological polar surface area (TPSA) is 33.1 Å². The predicted octanol–water partition coefficient (Wildman–Crippen LogP) is 4.10. The molecule has 0 aliphatic rings. The van der Waals surface area contributed by atoms with Gasteiger partial charge < -0.3 is 5.11 Å². The number of pyridine rings is 1. The molecule has 3 aromatic rings. The van der Waals surface area contributed by atoms with Gasteiger partial charge >= 0.3 is 0 Å². The standard InChI is InChI=1S/C18H16ClNO/c19-12-11-18(21,14-6-2-1-3-7-14)16-9-4-10-17-15(16)8-5-13-20-17/h1-10,13,21H,11-12H2. The lowest BCUT2D eigenvalue weighted by Crippen LogP contribution is -2.28. The number of aliphatic hydroxyl groups is 1. The Morgan fingerprint density at radius 3 is 2.52 bits per heavy atom. The molecule has 1 heterocycles. The number of hydrogen-bond donors (Lipinski definition) is 1. The summed E-state index contributed by atoms with van der Waals surface area (Å²) in [5.74, 6) is 0.377. The summed E-state index contributed by atoms with van der Waals surface area (Å²) in [5, 5.41) is 12.3. The van der Waals surface area contributed by atoms with Gasteiger partial charge in [-0.2, -0.15) is 0 Å². The Balaban J connectivity index is 2.25. The fourth-order valence-electron chi connectivity index (χ4n) is 2.75. The van der Waals surface area contributed by atoms with Gasteiger partial charge in [0.05, 0.1) is 5.52 Å². The van der Waals surface area contributed by atoms with Gasteiger partial charge in [-0.1, -0.05) is 48.5 Å². The SMILES string of the molecule is OC(CCCl)(c1ccccc1)c1cccc2ncccc12. The van der Waals surface area contributed by atoms with Crippen molar-refractivity contribution in [3.05, 3.63) is 78.0 Å². The Hall–Kier alpha value is -1.90. The fourth-order valence-corrected chi connectivity index (χ4v) is 3.02. The van der Waals surface area contributed by atoms with Gasteiger partial charge in [-0.3, -0.25) is 4.98 Å². The van der Waals surface area contributed by atoms with E-state index in [9.17, 15) is 5.11 Å². The van der Waals surface area contributed by atoms with Gasteiger partial charge in [-0.25, -0.2) is 0 Å². The number of alkyl halides is 1. The second-order valence-electron chi connectivity index (χ2n) is 5.04. The highest BCUT2D eigenvalue weighted by molar-refractivity contribution is 6.17. The molecule has 0 saturated carbocycles. The Bertz CT molecular complexity index is 739. The van der Waals surface area contributed by atoms with E-state index in [0.717, 1.165) is 22.0 Å². The number of halogens is 1. The molecule has 0 saturated heterocycles. The van der Waals surface area contributed by atoms with E-state index in [1.807, 2.05) is 60.7 Å². The maximum atomic E-state index is 11.3. The summed E-state index contributed by atoms with van der Waals surface area (Å²) >= 11 is 5.96. The van der Waals surface area contributed by atoms with Crippen molar-refractivity contribution in [2.45, 2.75) is 12.0 Å². The lowest BCUT2D eigenvalue weighted by atomic mass is 9.82. The smallest absolute Gasteiger partial charge is 0.116 e. The van der Waals surface area contributed by atoms with E-state index in [2.05, 4.69) is 4.98 Å². The van der Waals surface area contributed by atoms with E-state index < -0.39 is 5.60 Å². The Morgan fingerprint density at radius 2 is 1.76 bits per heavy atom. The van der Waals surface area contributed by atoms with Crippen molar-refractivity contribution < 1.29 is 5.11 Å². The molecule has 1 N–H and O–H groups in total. The third-order valence-corrected chi connectivity index (χ3v) is 3.99. The molecule has 3 rings (SSSR count). The molecule has 0 aliphatic heterocycles. The first-order valence-electron chi connectivity index (χ1n) is 6.94. The van der Waals surface area contributed by atoms with Gasteiger partial charge in [-0.05, 0) is 29.7 Å². The molecule has 21 heavy (non-hydrogen) atoms. The molecule has 0 bridgehead atoms. The molecule has 2 aromatic carbocycles. The van der Waals surface area contributed by atoms with E-state index in [0.29, 0.717) is 12.3 Å². The zero-order valence-corrected chi connectivity index (χ0v) is 12.3. The highest BCUT2D eigenvalue weighted by Crippen LogP contribution is 2.36. The fraction of sp³-hybridized carbons (Fsp3) is 0.167. The summed E-state index contributed by atoms with van der Waals surface area (Å²) in [5.41, 5.74) is 1.46. The van der Waals surface area contributed by atoms with Crippen LogP contribution in [0.3, 0.4) is 0 Å². The average Bonchev–Trinajstić information content (AvgIpc) is 2.55. The third-order valence-electron chi connectivity index (χ3n) is 3.80. The molecule has 1 atom stereocenters. The molecule has 0 aliphatic carbocycles. The number of aromatic nitrogens is 1. The number of rotatable bonds is 4. The average molecular weight is 298 g/mol. The molecular weight excluding hydrogens is 282 g/mol. The summed E-state index contributed by atoms with van der Waals surface area (Å²) < 4.78 is 0. The van der Waals surface area contributed by atoms with Gasteiger partial charge in [0, 0.05) is 17.5 Å². The zero-order chi connectivity index (χ0) is 14.7. The number of hydrogen-bond acceptors (Lipinski definition) is 2. The first kappa shape index (κ1) is 14.1. The molecule has 2 nitrogen and oxygen atoms in total. The van der Waals surface area contributed by atoms with Crippen molar-refractivity contribution in [3.8, 4) is 0 Å². The highest BCUT2D eigenvalue weighted by Gasteiger charge is 2.32. The van der Waals surface area contributed by atoms with Crippen molar-refractivity contribution in [1.29, 1.82) is 0 Å². The molecule has 0 spiro atoms. The number of fused-ring (bicyclic) bond motifs is 1. The van der Waals surface area contributed by atoms with E-state index >= 15 is 0 Å². The van der Waals surface area contributed by atoms with Gasteiger partial charge in [0.1, 0.15) is 5.60 Å². The van der Waals surface area contributed by atoms with Crippen molar-refractivity contribution >= 4 is 22.5 Å². The van der Waals surface area contributed by atoms with Crippen LogP contribution in [0.15, 0.2) is 66.9 Å². The number of benzene rings is 2. The summed E-state index contributed by atoms with van der Waals surface area (Å²) in [6.07, 6.45) is 2.21. The van der Waals surface area contributed by atoms with Crippen LogP contribution >= 0.6 is 11.6 Å². The Kier molecular flexibility index (Phi) is 3.91. The van der Waals surface area contributed by atoms with Crippen LogP contribution in [0.5, 0.6) is 0 Å². The number of nitrogens with zero attached hydrogens (tertiary/aromatic N) is 1. The monoisotopic (exact) mass is 297 g/mol. The quantitative estimate of drug-likeness (QED) is 0.736. The van der Waals surface area contributed by atoms with Crippen LogP contribution in [0, 0.1) is 0 Å². The Morgan fingerprint density at radius 1 is 0.952 bits per heavy atom. The Labute approximate surface area is 129 Å². The van der Waals surface area contributed by atoms with E-state index in [-0.39, 0.29) is 0 Å². The van der Waals surface area contributed by atoms with Crippen molar-refractivity contribution in [2.75, 3.05) is 5.88 Å². The van der Waals surface area contributed by atoms with Crippen molar-refractivity contribution in [3.63, 3.8) is 0 Å². The molecule has 0 fully saturated rings. The molecule has 1 unspecified atom stereocenters. The van der Waals surface area contributed by atoms with E-state index in [1.54, 1.807) is 6.20 Å². The van der Waals surface area contributed by atoms with Crippen molar-refractivity contribution in [2.24, 2.45) is 0 Å². The molecule has 106 valence electrons. The van der Waals surface area contributed by atoms with E-state index in [1.165, 1.54) is 0 Å². The highest BCUT2D eigenvalue weighted by atomic mass is 35.5. The molecule has 0 amide bonds. The maximum absolute atomic E-state index is 11.3. The van der Waals surface area contributed by atoms with Crippen LogP contribution < -0.4 is 0 Å². The maximum Gasteiger partial charge on any atom is 0.116 e. The summed E-state index contributed by atoms with van der Waals surface area (Å²) in [6.45, 7) is 0. The summed E-state index contributed by atoms with van der Waals surface area (Å²) in [6, 6.07) is 19.4. The minimum Gasteiger partial charge on any atom is -0.380 e. The molecule has 1 aromatic heterocycles. The summed E-state index contributed by atoms with van der Waals surface area (Å²) in [4.78, 5) is 4.37.